The molecule has 0 unspecified atom stereocenters. The Kier molecular flexibility index (Phi) is 6.65. The third kappa shape index (κ3) is 4.87. The van der Waals surface area contributed by atoms with E-state index in [1.54, 1.807) is 6.07 Å². The van der Waals surface area contributed by atoms with Crippen LogP contribution in [0.1, 0.15) is 29.0 Å². The molecule has 1 aromatic carbocycles. The predicted octanol–water partition coefficient (Wildman–Crippen LogP) is 4.51. The quantitative estimate of drug-likeness (QED) is 0.498. The van der Waals surface area contributed by atoms with Gasteiger partial charge in [0.05, 0.1) is 12.4 Å². The van der Waals surface area contributed by atoms with Gasteiger partial charge < -0.3 is 14.5 Å². The van der Waals surface area contributed by atoms with Gasteiger partial charge in [0.25, 0.3) is 11.6 Å². The molecule has 1 saturated heterocycles. The fourth-order valence-corrected chi connectivity index (χ4v) is 3.53. The summed E-state index contributed by atoms with van der Waals surface area (Å²) < 4.78 is 95.5. The number of carbonyl (C=O) groups is 1. The van der Waals surface area contributed by atoms with Crippen LogP contribution in [0.2, 0.25) is 0 Å². The summed E-state index contributed by atoms with van der Waals surface area (Å²) in [6.07, 6.45) is -10.8. The van der Waals surface area contributed by atoms with Gasteiger partial charge in [-0.3, -0.25) is 9.69 Å². The lowest BCUT2D eigenvalue weighted by molar-refractivity contribution is -0.351. The topological polar surface area (TPSA) is 54.7 Å². The third-order valence-electron chi connectivity index (χ3n) is 5.00. The van der Waals surface area contributed by atoms with E-state index in [1.165, 1.54) is 35.6 Å². The largest absolute Gasteiger partial charge is 0.459 e. The second-order valence-corrected chi connectivity index (χ2v) is 7.14. The first-order chi connectivity index (χ1) is 14.5. The molecule has 2 aromatic rings. The summed E-state index contributed by atoms with van der Waals surface area (Å²) in [5, 5.41) is 1.19. The fourth-order valence-electron chi connectivity index (χ4n) is 3.53. The standard InChI is InChI=1S/C20H20F6N2O3/c21-19(22,23)18(20(24,25)26,27-17(29)16-9-5-11-31-16)28(13-15-8-4-10-30-15)12-14-6-2-1-3-7-14/h1-3,5-7,9,11,15H,4,8,10,12-13H2,(H,27,29)/t15-/m1/s1. The molecule has 31 heavy (non-hydrogen) atoms. The van der Waals surface area contributed by atoms with Gasteiger partial charge in [-0.1, -0.05) is 30.3 Å². The molecule has 0 bridgehead atoms. The van der Waals surface area contributed by atoms with E-state index in [1.807, 2.05) is 0 Å². The third-order valence-corrected chi connectivity index (χ3v) is 5.00. The Morgan fingerprint density at radius 3 is 2.23 bits per heavy atom. The van der Waals surface area contributed by atoms with E-state index in [0.717, 1.165) is 12.3 Å². The van der Waals surface area contributed by atoms with E-state index >= 15 is 0 Å². The first kappa shape index (κ1) is 23.1. The number of carbonyl (C=O) groups excluding carboxylic acids is 1. The van der Waals surface area contributed by atoms with Gasteiger partial charge in [-0.15, -0.1) is 0 Å². The SMILES string of the molecule is O=C(NC(N(Cc1ccccc1)C[C@H]1CCCO1)(C(F)(F)F)C(F)(F)F)c1ccco1. The van der Waals surface area contributed by atoms with Gasteiger partial charge in [0, 0.05) is 19.7 Å². The number of nitrogens with one attached hydrogen (secondary N) is 1. The van der Waals surface area contributed by atoms with Crippen molar-refractivity contribution < 1.29 is 40.3 Å². The Morgan fingerprint density at radius 1 is 1.03 bits per heavy atom. The van der Waals surface area contributed by atoms with E-state index in [2.05, 4.69) is 0 Å². The zero-order chi connectivity index (χ0) is 22.7. The fraction of sp³-hybridized carbons (Fsp3) is 0.450. The molecule has 11 heteroatoms. The van der Waals surface area contributed by atoms with Crippen LogP contribution in [-0.4, -0.2) is 48.1 Å². The lowest BCUT2D eigenvalue weighted by Gasteiger charge is -2.46. The average Bonchev–Trinajstić information content (AvgIpc) is 3.38. The Hall–Kier alpha value is -2.53. The lowest BCUT2D eigenvalue weighted by Crippen LogP contribution is -2.76. The molecule has 0 saturated carbocycles. The monoisotopic (exact) mass is 450 g/mol. The molecule has 170 valence electrons. The van der Waals surface area contributed by atoms with Crippen LogP contribution in [0.25, 0.3) is 0 Å². The molecule has 3 rings (SSSR count). The van der Waals surface area contributed by atoms with Gasteiger partial charge in [-0.25, -0.2) is 0 Å². The number of hydrogen-bond acceptors (Lipinski definition) is 4. The maximum Gasteiger partial charge on any atom is 0.434 e. The molecule has 1 aliphatic heterocycles. The van der Waals surface area contributed by atoms with Crippen molar-refractivity contribution in [2.75, 3.05) is 13.2 Å². The number of rotatable bonds is 7. The molecular weight excluding hydrogens is 430 g/mol. The molecule has 1 aromatic heterocycles. The average molecular weight is 450 g/mol. The first-order valence-electron chi connectivity index (χ1n) is 9.44. The molecule has 1 aliphatic rings. The molecule has 5 nitrogen and oxygen atoms in total. The van der Waals surface area contributed by atoms with Crippen LogP contribution in [0, 0.1) is 0 Å². The Morgan fingerprint density at radius 2 is 1.71 bits per heavy atom. The van der Waals surface area contributed by atoms with Crippen LogP contribution >= 0.6 is 0 Å². The molecule has 1 atom stereocenters. The number of hydrogen-bond donors (Lipinski definition) is 1. The van der Waals surface area contributed by atoms with E-state index < -0.39 is 48.9 Å². The summed E-state index contributed by atoms with van der Waals surface area (Å²) >= 11 is 0. The summed E-state index contributed by atoms with van der Waals surface area (Å²) in [5.74, 6) is -2.31. The Balaban J connectivity index is 2.08. The molecule has 1 N–H and O–H groups in total. The van der Waals surface area contributed by atoms with Crippen molar-refractivity contribution in [2.24, 2.45) is 0 Å². The van der Waals surface area contributed by atoms with Gasteiger partial charge in [-0.05, 0) is 30.5 Å². The zero-order valence-corrected chi connectivity index (χ0v) is 16.2. The smallest absolute Gasteiger partial charge is 0.434 e. The minimum Gasteiger partial charge on any atom is -0.459 e. The Labute approximate surface area is 174 Å². The van der Waals surface area contributed by atoms with Crippen LogP contribution in [0.4, 0.5) is 26.3 Å². The van der Waals surface area contributed by atoms with Gasteiger partial charge in [0.1, 0.15) is 0 Å². The minimum absolute atomic E-state index is 0.180. The highest BCUT2D eigenvalue weighted by Crippen LogP contribution is 2.46. The van der Waals surface area contributed by atoms with Gasteiger partial charge in [0.2, 0.25) is 0 Å². The highest BCUT2D eigenvalue weighted by Gasteiger charge is 2.75. The van der Waals surface area contributed by atoms with Crippen molar-refractivity contribution >= 4 is 5.91 Å². The molecule has 0 radical (unpaired) electrons. The molecule has 0 aliphatic carbocycles. The maximum absolute atomic E-state index is 14.3. The summed E-state index contributed by atoms with van der Waals surface area (Å²) in [6.45, 7) is -1.17. The van der Waals surface area contributed by atoms with Crippen LogP contribution in [0.15, 0.2) is 53.1 Å². The van der Waals surface area contributed by atoms with E-state index in [-0.39, 0.29) is 17.1 Å². The van der Waals surface area contributed by atoms with Crippen LogP contribution in [0.3, 0.4) is 0 Å². The molecule has 0 spiro atoms. The summed E-state index contributed by atoms with van der Waals surface area (Å²) in [5.41, 5.74) is -4.45. The predicted molar refractivity (Wildman–Crippen MR) is 96.8 cm³/mol. The number of furan rings is 1. The minimum atomic E-state index is -5.90. The molecule has 1 fully saturated rings. The lowest BCUT2D eigenvalue weighted by atomic mass is 10.0. The van der Waals surface area contributed by atoms with Gasteiger partial charge in [0.15, 0.2) is 5.76 Å². The van der Waals surface area contributed by atoms with Crippen LogP contribution in [0.5, 0.6) is 0 Å². The number of benzene rings is 1. The molecule has 1 amide bonds. The zero-order valence-electron chi connectivity index (χ0n) is 16.2. The molecular formula is C20H20F6N2O3. The normalized spacial score (nSPS) is 17.8. The Bertz CT molecular complexity index is 832. The van der Waals surface area contributed by atoms with Crippen LogP contribution in [-0.2, 0) is 11.3 Å². The first-order valence-corrected chi connectivity index (χ1v) is 9.44. The number of halogens is 6. The van der Waals surface area contributed by atoms with Crippen molar-refractivity contribution in [3.05, 3.63) is 60.1 Å². The van der Waals surface area contributed by atoms with Gasteiger partial charge in [-0.2, -0.15) is 26.3 Å². The highest BCUT2D eigenvalue weighted by atomic mass is 19.4. The van der Waals surface area contributed by atoms with Crippen molar-refractivity contribution in [1.29, 1.82) is 0 Å². The van der Waals surface area contributed by atoms with Crippen molar-refractivity contribution in [2.45, 2.75) is 43.5 Å². The van der Waals surface area contributed by atoms with Crippen molar-refractivity contribution in [1.82, 2.24) is 10.2 Å². The summed E-state index contributed by atoms with van der Waals surface area (Å²) in [4.78, 5) is 12.5. The summed E-state index contributed by atoms with van der Waals surface area (Å²) in [6, 6.07) is 9.59. The number of alkyl halides is 6. The maximum atomic E-state index is 14.3. The number of nitrogens with zero attached hydrogens (tertiary/aromatic N) is 1. The van der Waals surface area contributed by atoms with Crippen molar-refractivity contribution in [3.63, 3.8) is 0 Å². The second kappa shape index (κ2) is 8.91. The van der Waals surface area contributed by atoms with Gasteiger partial charge >= 0.3 is 12.4 Å². The number of ether oxygens (including phenoxy) is 1. The van der Waals surface area contributed by atoms with Crippen LogP contribution < -0.4 is 5.32 Å². The van der Waals surface area contributed by atoms with Crippen molar-refractivity contribution in [3.8, 4) is 0 Å². The van der Waals surface area contributed by atoms with E-state index in [9.17, 15) is 31.1 Å². The van der Waals surface area contributed by atoms with E-state index in [4.69, 9.17) is 9.15 Å². The van der Waals surface area contributed by atoms with E-state index in [0.29, 0.717) is 12.8 Å². The number of amides is 1. The second-order valence-electron chi connectivity index (χ2n) is 7.14. The highest BCUT2D eigenvalue weighted by molar-refractivity contribution is 5.92. The molecule has 2 heterocycles. The summed E-state index contributed by atoms with van der Waals surface area (Å²) in [7, 11) is 0.